The van der Waals surface area contributed by atoms with Gasteiger partial charge < -0.3 is 20.8 Å². The first kappa shape index (κ1) is 44.0. The molecule has 0 aromatic heterocycles. The second kappa shape index (κ2) is 18.4. The van der Waals surface area contributed by atoms with E-state index in [9.17, 15) is 46.1 Å². The predicted octanol–water partition coefficient (Wildman–Crippen LogP) is 9.49. The molecule has 316 valence electrons. The Morgan fingerprint density at radius 3 is 1.32 bits per heavy atom. The van der Waals surface area contributed by atoms with Gasteiger partial charge in [0, 0.05) is 72.6 Å². The molecule has 4 aliphatic rings. The maximum absolute atomic E-state index is 16.5. The summed E-state index contributed by atoms with van der Waals surface area (Å²) in [7, 11) is 0. The van der Waals surface area contributed by atoms with Crippen molar-refractivity contribution >= 4 is 17.3 Å². The van der Waals surface area contributed by atoms with E-state index in [0.29, 0.717) is 11.1 Å². The van der Waals surface area contributed by atoms with Crippen LogP contribution in [0.2, 0.25) is 0 Å². The van der Waals surface area contributed by atoms with Crippen LogP contribution in [-0.4, -0.2) is 53.1 Å². The number of carbonyl (C=O) groups is 3. The Bertz CT molecular complexity index is 2040. The van der Waals surface area contributed by atoms with Gasteiger partial charge in [-0.25, -0.2) is 0 Å². The quantitative estimate of drug-likeness (QED) is 0.0985. The Morgan fingerprint density at radius 2 is 1.00 bits per heavy atom. The van der Waals surface area contributed by atoms with Crippen LogP contribution in [0, 0.1) is 22.7 Å². The zero-order chi connectivity index (χ0) is 43.1. The summed E-state index contributed by atoms with van der Waals surface area (Å²) in [6, 6.07) is 15.7. The molecule has 0 spiro atoms. The average Bonchev–Trinajstić information content (AvgIpc) is 3.25. The number of ketones is 3. The van der Waals surface area contributed by atoms with E-state index in [2.05, 4.69) is 10.6 Å². The topological polar surface area (TPSA) is 116 Å². The van der Waals surface area contributed by atoms with Crippen LogP contribution < -0.4 is 10.6 Å². The van der Waals surface area contributed by atoms with Crippen molar-refractivity contribution in [1.82, 2.24) is 10.6 Å². The smallest absolute Gasteiger partial charge is 0.389 e. The number of nitrogens with one attached hydrogen (secondary N) is 2. The van der Waals surface area contributed by atoms with E-state index in [1.54, 1.807) is 73.4 Å². The molecule has 13 heteroatoms. The van der Waals surface area contributed by atoms with Crippen LogP contribution in [0.3, 0.4) is 0 Å². The molecule has 2 aromatic rings. The summed E-state index contributed by atoms with van der Waals surface area (Å²) in [6.45, 7) is -1.26. The van der Waals surface area contributed by atoms with Gasteiger partial charge in [-0.15, -0.1) is 0 Å². The molecule has 0 radical (unpaired) electrons. The molecular weight excluding hydrogens is 787 g/mol. The summed E-state index contributed by atoms with van der Waals surface area (Å²) >= 11 is 0. The fourth-order valence-corrected chi connectivity index (χ4v) is 8.82. The molecule has 0 saturated carbocycles. The number of halogens is 6. The molecule has 6 rings (SSSR count). The van der Waals surface area contributed by atoms with Gasteiger partial charge in [0.15, 0.2) is 17.3 Å². The number of benzene rings is 2. The normalized spacial score (nSPS) is 24.1. The van der Waals surface area contributed by atoms with Gasteiger partial charge in [-0.2, -0.15) is 26.3 Å². The third-order valence-electron chi connectivity index (χ3n) is 11.6. The number of rotatable bonds is 16. The molecule has 0 amide bonds. The fraction of sp³-hybridized carbons (Fsp3) is 0.340. The second-order valence-corrected chi connectivity index (χ2v) is 15.4. The third kappa shape index (κ3) is 9.58. The fourth-order valence-electron chi connectivity index (χ4n) is 8.82. The summed E-state index contributed by atoms with van der Waals surface area (Å²) in [6.07, 6.45) is 2.64. The molecule has 0 bridgehead atoms. The zero-order valence-corrected chi connectivity index (χ0v) is 32.7. The second-order valence-electron chi connectivity index (χ2n) is 15.4. The van der Waals surface area contributed by atoms with Gasteiger partial charge in [-0.3, -0.25) is 14.4 Å². The van der Waals surface area contributed by atoms with Crippen molar-refractivity contribution in [3.63, 3.8) is 0 Å². The Kier molecular flexibility index (Phi) is 13.5. The number of aliphatic hydroxyl groups is 2. The van der Waals surface area contributed by atoms with Crippen molar-refractivity contribution in [1.29, 1.82) is 0 Å². The number of hydrogen-bond acceptors (Lipinski definition) is 7. The molecule has 0 saturated heterocycles. The Balaban J connectivity index is 1.66. The summed E-state index contributed by atoms with van der Waals surface area (Å²) in [5.41, 5.74) is -2.66. The number of allylic oxidation sites excluding steroid dienone is 12. The molecule has 4 N–H and O–H groups in total. The molecule has 2 aromatic carbocycles. The van der Waals surface area contributed by atoms with Crippen LogP contribution in [0.25, 0.3) is 0 Å². The zero-order valence-electron chi connectivity index (χ0n) is 32.7. The monoisotopic (exact) mass is 832 g/mol. The van der Waals surface area contributed by atoms with Crippen LogP contribution in [0.15, 0.2) is 155 Å². The highest BCUT2D eigenvalue weighted by molar-refractivity contribution is 6.14. The summed E-state index contributed by atoms with van der Waals surface area (Å²) < 4.78 is 83.4. The minimum Gasteiger partial charge on any atom is -0.396 e. The van der Waals surface area contributed by atoms with Crippen LogP contribution in [-0.2, 0) is 4.79 Å². The Morgan fingerprint density at radius 1 is 0.617 bits per heavy atom. The number of alkyl halides is 6. The van der Waals surface area contributed by atoms with Crippen molar-refractivity contribution < 1.29 is 50.9 Å². The number of hydrogen-bond donors (Lipinski definition) is 4. The minimum atomic E-state index is -4.60. The van der Waals surface area contributed by atoms with E-state index in [-0.39, 0.29) is 59.1 Å². The summed E-state index contributed by atoms with van der Waals surface area (Å²) in [5.74, 6) is -4.10. The molecule has 2 heterocycles. The van der Waals surface area contributed by atoms with Gasteiger partial charge in [-0.1, -0.05) is 97.1 Å². The maximum atomic E-state index is 16.5. The lowest BCUT2D eigenvalue weighted by Crippen LogP contribution is -2.53. The van der Waals surface area contributed by atoms with E-state index in [0.717, 1.165) is 0 Å². The number of carbonyl (C=O) groups excluding carboxylic acids is 3. The first-order valence-corrected chi connectivity index (χ1v) is 19.8. The van der Waals surface area contributed by atoms with Crippen LogP contribution >= 0.6 is 0 Å². The lowest BCUT2D eigenvalue weighted by molar-refractivity contribution is -0.139. The van der Waals surface area contributed by atoms with Crippen molar-refractivity contribution in [3.05, 3.63) is 166 Å². The van der Waals surface area contributed by atoms with E-state index in [1.807, 2.05) is 0 Å². The SMILES string of the molecule is O=C(C1=CC(CCO)(C(=O)C2(CCO)C=C(C(=O)c3ccccc3)C(CCC(F)(F)F)=CC2C2=CNC=CC2)C(C2=CNC=CC2)C=C1CCC(F)(F)F)c1ccccc1. The average molecular weight is 833 g/mol. The first-order chi connectivity index (χ1) is 28.6. The molecule has 0 fully saturated rings. The Hall–Kier alpha value is -5.53. The largest absolute Gasteiger partial charge is 0.396 e. The van der Waals surface area contributed by atoms with E-state index in [1.165, 1.54) is 48.6 Å². The molecular formula is C47H46F6N2O5. The molecule has 4 unspecified atom stereocenters. The van der Waals surface area contributed by atoms with E-state index in [4.69, 9.17) is 0 Å². The van der Waals surface area contributed by atoms with Crippen molar-refractivity contribution in [2.45, 2.75) is 63.7 Å². The number of Topliss-reactive ketones (excluding diaryl/α,β-unsaturated/α-hetero) is 3. The van der Waals surface area contributed by atoms with Gasteiger partial charge in [0.05, 0.1) is 10.8 Å². The lowest BCUT2D eigenvalue weighted by atomic mass is 9.51. The molecule has 60 heavy (non-hydrogen) atoms. The van der Waals surface area contributed by atoms with Crippen LogP contribution in [0.4, 0.5) is 26.3 Å². The third-order valence-corrected chi connectivity index (χ3v) is 11.6. The predicted molar refractivity (Wildman–Crippen MR) is 215 cm³/mol. The molecule has 2 aliphatic heterocycles. The highest BCUT2D eigenvalue weighted by Crippen LogP contribution is 2.57. The number of dihydropyridines is 2. The lowest BCUT2D eigenvalue weighted by Gasteiger charge is -2.50. The maximum Gasteiger partial charge on any atom is 0.389 e. The van der Waals surface area contributed by atoms with Gasteiger partial charge in [0.1, 0.15) is 0 Å². The summed E-state index contributed by atoms with van der Waals surface area (Å²) in [4.78, 5) is 45.4. The Labute approximate surface area is 344 Å². The standard InChI is InChI=1S/C47H46F6N2O5/c48-46(49,50)17-15-33-25-39(35-13-7-21-54-29-35)44(19-23-56,27-37(33)41(58)31-9-3-1-4-10-31)43(60)45(20-24-57)28-38(42(59)32-11-5-2-6-12-32)34(16-18-47(51,52)53)26-40(45)36-14-8-22-55-30-36/h1-12,21-22,25-30,39-40,54-57H,13-20,23-24H2. The van der Waals surface area contributed by atoms with E-state index < -0.39 is 91.3 Å². The molecule has 4 atom stereocenters. The number of aliphatic hydroxyl groups excluding tert-OH is 2. The molecule has 2 aliphatic carbocycles. The van der Waals surface area contributed by atoms with Crippen molar-refractivity contribution in [3.8, 4) is 0 Å². The van der Waals surface area contributed by atoms with E-state index >= 15 is 4.79 Å². The summed E-state index contributed by atoms with van der Waals surface area (Å²) in [5, 5.41) is 27.8. The van der Waals surface area contributed by atoms with Crippen molar-refractivity contribution in [2.24, 2.45) is 22.7 Å². The highest BCUT2D eigenvalue weighted by atomic mass is 19.4. The minimum absolute atomic E-state index is 0.0496. The van der Waals surface area contributed by atoms with Crippen LogP contribution in [0.1, 0.15) is 72.1 Å². The van der Waals surface area contributed by atoms with Crippen LogP contribution in [0.5, 0.6) is 0 Å². The van der Waals surface area contributed by atoms with Gasteiger partial charge in [0.25, 0.3) is 0 Å². The highest BCUT2D eigenvalue weighted by Gasteiger charge is 2.58. The van der Waals surface area contributed by atoms with Crippen molar-refractivity contribution in [2.75, 3.05) is 13.2 Å². The van der Waals surface area contributed by atoms with Gasteiger partial charge in [0.2, 0.25) is 0 Å². The van der Waals surface area contributed by atoms with Gasteiger partial charge >= 0.3 is 12.4 Å². The van der Waals surface area contributed by atoms with Gasteiger partial charge in [-0.05, 0) is 73.2 Å². The first-order valence-electron chi connectivity index (χ1n) is 19.8. The molecule has 7 nitrogen and oxygen atoms in total.